The molecule has 258 valence electrons. The van der Waals surface area contributed by atoms with Crippen molar-refractivity contribution in [3.63, 3.8) is 0 Å². The number of aromatic nitrogens is 5. The minimum Gasteiger partial charge on any atom is -0.395 e. The number of benzene rings is 4. The molecule has 3 heterocycles. The lowest BCUT2D eigenvalue weighted by Gasteiger charge is -2.27. The number of para-hydroxylation sites is 1. The molecule has 1 amide bonds. The zero-order valence-electron chi connectivity index (χ0n) is 27.7. The maximum atomic E-state index is 14.1. The number of aromatic amines is 1. The summed E-state index contributed by atoms with van der Waals surface area (Å²) in [5, 5.41) is 45.9. The molecule has 13 nitrogen and oxygen atoms in total. The lowest BCUT2D eigenvalue weighted by atomic mass is 9.82. The fourth-order valence-corrected chi connectivity index (χ4v) is 6.66. The van der Waals surface area contributed by atoms with Gasteiger partial charge >= 0.3 is 0 Å². The van der Waals surface area contributed by atoms with E-state index in [9.17, 15) is 29.9 Å². The summed E-state index contributed by atoms with van der Waals surface area (Å²) >= 11 is 0. The Balaban J connectivity index is 1.08. The van der Waals surface area contributed by atoms with Crippen LogP contribution in [0.5, 0.6) is 0 Å². The number of nitro benzene ring substituents is 1. The average molecular weight is 686 g/mol. The second kappa shape index (κ2) is 13.6. The third kappa shape index (κ3) is 6.13. The third-order valence-electron chi connectivity index (χ3n) is 9.50. The number of H-pyrrole nitrogens is 1. The number of nitrogens with zero attached hydrogens (tertiary/aromatic N) is 6. The lowest BCUT2D eigenvalue weighted by Crippen LogP contribution is -2.44. The first-order chi connectivity index (χ1) is 24.7. The molecule has 0 saturated carbocycles. The first kappa shape index (κ1) is 33.3. The van der Waals surface area contributed by atoms with Crippen molar-refractivity contribution in [3.05, 3.63) is 158 Å². The van der Waals surface area contributed by atoms with Crippen LogP contribution in [0.15, 0.2) is 120 Å². The molecule has 0 aliphatic carbocycles. The van der Waals surface area contributed by atoms with Crippen LogP contribution in [-0.4, -0.2) is 52.4 Å². The number of carbonyl (C=O) groups excluding carboxylic acids is 1. The van der Waals surface area contributed by atoms with E-state index >= 15 is 0 Å². The highest BCUT2D eigenvalue weighted by Gasteiger charge is 2.53. The Morgan fingerprint density at radius 2 is 1.75 bits per heavy atom. The van der Waals surface area contributed by atoms with Crippen LogP contribution in [-0.2, 0) is 23.5 Å². The van der Waals surface area contributed by atoms with E-state index in [0.717, 1.165) is 11.1 Å². The van der Waals surface area contributed by atoms with Crippen LogP contribution < -0.4 is 10.5 Å². The van der Waals surface area contributed by atoms with Gasteiger partial charge in [0.05, 0.1) is 52.0 Å². The van der Waals surface area contributed by atoms with Crippen LogP contribution in [0, 0.1) is 16.0 Å². The molecule has 13 heteroatoms. The maximum absolute atomic E-state index is 14.1. The molecule has 0 saturated heterocycles. The van der Waals surface area contributed by atoms with Gasteiger partial charge in [0.25, 0.3) is 17.2 Å². The van der Waals surface area contributed by atoms with Gasteiger partial charge in [0.2, 0.25) is 0 Å². The van der Waals surface area contributed by atoms with Crippen LogP contribution >= 0.6 is 0 Å². The van der Waals surface area contributed by atoms with Gasteiger partial charge in [0.15, 0.2) is 5.60 Å². The van der Waals surface area contributed by atoms with E-state index < -0.39 is 22.3 Å². The van der Waals surface area contributed by atoms with Gasteiger partial charge in [-0.2, -0.15) is 0 Å². The first-order valence-corrected chi connectivity index (χ1v) is 16.5. The molecule has 2 aromatic heterocycles. The number of nitro groups is 1. The predicted octanol–water partition coefficient (Wildman–Crippen LogP) is 4.96. The van der Waals surface area contributed by atoms with Gasteiger partial charge in [-0.15, -0.1) is 5.10 Å². The fourth-order valence-electron chi connectivity index (χ4n) is 6.66. The zero-order valence-corrected chi connectivity index (χ0v) is 27.7. The van der Waals surface area contributed by atoms with Crippen LogP contribution in [0.1, 0.15) is 41.6 Å². The number of anilines is 1. The van der Waals surface area contributed by atoms with Gasteiger partial charge in [0, 0.05) is 36.4 Å². The summed E-state index contributed by atoms with van der Waals surface area (Å²) < 4.78 is 3.13. The molecule has 4 aromatic carbocycles. The SMILES string of the molecule is C[C@@H](/C=C/CCn1cc(C(CO)c2ccccc2)nn1)[C@]1(O)C(=O)N(Cc2ccc(-n3[nH]c4ccccc4c3=O)cc2)c2ccc([N+](=O)[O-])cc21. The van der Waals surface area contributed by atoms with Crippen molar-refractivity contribution in [2.45, 2.75) is 38.0 Å². The number of allylic oxidation sites excluding steroid dienone is 1. The number of rotatable bonds is 12. The highest BCUT2D eigenvalue weighted by Crippen LogP contribution is 2.47. The zero-order chi connectivity index (χ0) is 35.7. The van der Waals surface area contributed by atoms with E-state index in [-0.39, 0.29) is 35.9 Å². The molecule has 1 aliphatic heterocycles. The molecule has 3 N–H and O–H groups in total. The molecule has 1 aliphatic rings. The summed E-state index contributed by atoms with van der Waals surface area (Å²) in [7, 11) is 0. The second-order valence-electron chi connectivity index (χ2n) is 12.6. The standard InChI is InChI=1S/C38H35N7O6/c1-25(9-7-8-20-42-23-34(39-41-42)31(24-46)27-10-3-2-4-11-27)38(49)32-21-29(45(50)51)18-19-35(32)43(37(38)48)22-26-14-16-28(17-15-26)44-36(47)30-12-5-6-13-33(30)40-44/h2-7,9-19,21,23,25,31,40,46,49H,8,20,22,24H2,1H3/b9-7+/t25-,31?,38+/m0/s1. The minimum atomic E-state index is -2.06. The van der Waals surface area contributed by atoms with Gasteiger partial charge < -0.3 is 15.1 Å². The summed E-state index contributed by atoms with van der Waals surface area (Å²) in [5.41, 5.74) is 1.72. The summed E-state index contributed by atoms with van der Waals surface area (Å²) in [5.74, 6) is -1.63. The Morgan fingerprint density at radius 1 is 1.00 bits per heavy atom. The number of hydrogen-bond acceptors (Lipinski definition) is 8. The van der Waals surface area contributed by atoms with Crippen molar-refractivity contribution in [2.24, 2.45) is 5.92 Å². The molecule has 0 fully saturated rings. The maximum Gasteiger partial charge on any atom is 0.279 e. The Labute approximate surface area is 291 Å². The monoisotopic (exact) mass is 685 g/mol. The Hall–Kier alpha value is -6.18. The van der Waals surface area contributed by atoms with Crippen molar-refractivity contribution in [2.75, 3.05) is 11.5 Å². The van der Waals surface area contributed by atoms with Gasteiger partial charge in [-0.25, -0.2) is 4.68 Å². The van der Waals surface area contributed by atoms with Crippen LogP contribution in [0.4, 0.5) is 11.4 Å². The smallest absolute Gasteiger partial charge is 0.279 e. The van der Waals surface area contributed by atoms with E-state index in [1.165, 1.54) is 27.8 Å². The van der Waals surface area contributed by atoms with Crippen LogP contribution in [0.25, 0.3) is 16.6 Å². The van der Waals surface area contributed by atoms with Crippen molar-refractivity contribution in [1.29, 1.82) is 0 Å². The number of hydrogen-bond donors (Lipinski definition) is 3. The molecular formula is C38H35N7O6. The number of amides is 1. The summed E-state index contributed by atoms with van der Waals surface area (Å²) in [6.45, 7) is 2.15. The Kier molecular flexibility index (Phi) is 8.90. The van der Waals surface area contributed by atoms with E-state index in [0.29, 0.717) is 40.9 Å². The van der Waals surface area contributed by atoms with Gasteiger partial charge in [-0.3, -0.25) is 29.5 Å². The van der Waals surface area contributed by atoms with Crippen molar-refractivity contribution >= 4 is 28.2 Å². The highest BCUT2D eigenvalue weighted by molar-refractivity contribution is 6.07. The van der Waals surface area contributed by atoms with E-state index in [4.69, 9.17) is 0 Å². The molecule has 0 bridgehead atoms. The number of fused-ring (bicyclic) bond motifs is 2. The summed E-state index contributed by atoms with van der Waals surface area (Å²) in [4.78, 5) is 39.6. The van der Waals surface area contributed by atoms with Crippen molar-refractivity contribution in [1.82, 2.24) is 24.8 Å². The molecular weight excluding hydrogens is 650 g/mol. The molecule has 1 unspecified atom stereocenters. The van der Waals surface area contributed by atoms with Crippen molar-refractivity contribution in [3.8, 4) is 5.69 Å². The van der Waals surface area contributed by atoms with Crippen LogP contribution in [0.3, 0.4) is 0 Å². The number of carbonyl (C=O) groups is 1. The summed E-state index contributed by atoms with van der Waals surface area (Å²) in [6, 6.07) is 28.0. The fraction of sp³-hybridized carbons (Fsp3) is 0.211. The molecule has 7 rings (SSSR count). The largest absolute Gasteiger partial charge is 0.395 e. The second-order valence-corrected chi connectivity index (χ2v) is 12.6. The first-order valence-electron chi connectivity index (χ1n) is 16.5. The van der Waals surface area contributed by atoms with Crippen LogP contribution in [0.2, 0.25) is 0 Å². The normalized spacial score (nSPS) is 16.9. The minimum absolute atomic E-state index is 0.0940. The number of aliphatic hydroxyl groups is 2. The molecule has 51 heavy (non-hydrogen) atoms. The topological polar surface area (TPSA) is 172 Å². The number of non-ortho nitro benzene ring substituents is 1. The van der Waals surface area contributed by atoms with Gasteiger partial charge in [-0.1, -0.05) is 78.9 Å². The third-order valence-corrected chi connectivity index (χ3v) is 9.50. The molecule has 0 radical (unpaired) electrons. The Morgan fingerprint density at radius 3 is 2.47 bits per heavy atom. The molecule has 6 aromatic rings. The number of aryl methyl sites for hydroxylation is 1. The van der Waals surface area contributed by atoms with E-state index in [2.05, 4.69) is 15.4 Å². The van der Waals surface area contributed by atoms with E-state index in [1.807, 2.05) is 48.5 Å². The lowest BCUT2D eigenvalue weighted by molar-refractivity contribution is -0.385. The predicted molar refractivity (Wildman–Crippen MR) is 190 cm³/mol. The Bertz CT molecular complexity index is 2310. The quantitative estimate of drug-likeness (QED) is 0.0922. The number of nitrogens with one attached hydrogen (secondary N) is 1. The average Bonchev–Trinajstić information content (AvgIpc) is 3.82. The molecule has 0 spiro atoms. The van der Waals surface area contributed by atoms with Crippen molar-refractivity contribution < 1.29 is 19.9 Å². The van der Waals surface area contributed by atoms with Gasteiger partial charge in [-0.05, 0) is 47.9 Å². The highest BCUT2D eigenvalue weighted by atomic mass is 16.6. The summed E-state index contributed by atoms with van der Waals surface area (Å²) in [6.07, 6.45) is 5.86. The number of aliphatic hydroxyl groups excluding tert-OH is 1. The van der Waals surface area contributed by atoms with E-state index in [1.54, 1.807) is 60.3 Å². The molecule has 3 atom stereocenters. The van der Waals surface area contributed by atoms with Gasteiger partial charge in [0.1, 0.15) is 0 Å².